The van der Waals surface area contributed by atoms with Gasteiger partial charge < -0.3 is 4.90 Å². The lowest BCUT2D eigenvalue weighted by molar-refractivity contribution is 0.0980. The maximum atomic E-state index is 11.8. The van der Waals surface area contributed by atoms with Gasteiger partial charge in [0.15, 0.2) is 5.78 Å². The summed E-state index contributed by atoms with van der Waals surface area (Å²) in [6, 6.07) is 3.88. The Morgan fingerprint density at radius 2 is 2.47 bits per heavy atom. The fourth-order valence-corrected chi connectivity index (χ4v) is 3.17. The van der Waals surface area contributed by atoms with E-state index in [9.17, 15) is 4.79 Å². The van der Waals surface area contributed by atoms with Crippen molar-refractivity contribution in [3.8, 4) is 0 Å². The number of nitrogens with zero attached hydrogens (tertiary/aromatic N) is 1. The van der Waals surface area contributed by atoms with Gasteiger partial charge in [0.05, 0.1) is 4.88 Å². The summed E-state index contributed by atoms with van der Waals surface area (Å²) in [4.78, 5) is 15.2. The number of carbonyl (C=O) groups is 1. The minimum absolute atomic E-state index is 0.311. The Morgan fingerprint density at radius 3 is 3.12 bits per heavy atom. The number of likely N-dealkylation sites (tertiary alicyclic amines) is 1. The van der Waals surface area contributed by atoms with Gasteiger partial charge >= 0.3 is 0 Å². The minimum atomic E-state index is 0.311. The van der Waals surface area contributed by atoms with E-state index < -0.39 is 0 Å². The Bertz CT molecular complexity index is 347. The van der Waals surface area contributed by atoms with Crippen LogP contribution in [0.2, 0.25) is 0 Å². The highest BCUT2D eigenvalue weighted by Gasteiger charge is 2.20. The summed E-state index contributed by atoms with van der Waals surface area (Å²) in [6.07, 6.45) is 4.35. The van der Waals surface area contributed by atoms with Crippen molar-refractivity contribution in [2.24, 2.45) is 5.92 Å². The molecular formula is C14H21NOS. The van der Waals surface area contributed by atoms with E-state index in [4.69, 9.17) is 0 Å². The van der Waals surface area contributed by atoms with E-state index in [-0.39, 0.29) is 0 Å². The van der Waals surface area contributed by atoms with Gasteiger partial charge in [0.25, 0.3) is 0 Å². The van der Waals surface area contributed by atoms with Crippen molar-refractivity contribution in [1.29, 1.82) is 0 Å². The van der Waals surface area contributed by atoms with Crippen LogP contribution in [-0.4, -0.2) is 30.3 Å². The molecule has 1 aliphatic heterocycles. The van der Waals surface area contributed by atoms with E-state index in [0.29, 0.717) is 12.2 Å². The van der Waals surface area contributed by atoms with Crippen molar-refractivity contribution in [2.75, 3.05) is 19.6 Å². The van der Waals surface area contributed by atoms with Gasteiger partial charge in [-0.25, -0.2) is 0 Å². The second-order valence-electron chi connectivity index (χ2n) is 4.87. The zero-order valence-electron chi connectivity index (χ0n) is 10.5. The predicted molar refractivity (Wildman–Crippen MR) is 72.7 cm³/mol. The third-order valence-electron chi connectivity index (χ3n) is 3.62. The van der Waals surface area contributed by atoms with Crippen LogP contribution < -0.4 is 0 Å². The van der Waals surface area contributed by atoms with Crippen LogP contribution in [0.1, 0.15) is 42.3 Å². The first-order valence-corrected chi connectivity index (χ1v) is 7.46. The zero-order chi connectivity index (χ0) is 12.1. The molecule has 0 bridgehead atoms. The summed E-state index contributed by atoms with van der Waals surface area (Å²) in [5.41, 5.74) is 0. The van der Waals surface area contributed by atoms with Crippen molar-refractivity contribution in [2.45, 2.75) is 32.6 Å². The summed E-state index contributed by atoms with van der Waals surface area (Å²) in [5.74, 6) is 1.20. The molecule has 1 aliphatic rings. The molecule has 1 aromatic heterocycles. The van der Waals surface area contributed by atoms with Crippen LogP contribution in [0.4, 0.5) is 0 Å². The van der Waals surface area contributed by atoms with E-state index in [1.165, 1.54) is 25.9 Å². The second-order valence-corrected chi connectivity index (χ2v) is 5.82. The largest absolute Gasteiger partial charge is 0.303 e. The van der Waals surface area contributed by atoms with Crippen LogP contribution >= 0.6 is 11.3 Å². The van der Waals surface area contributed by atoms with Crippen LogP contribution in [0.3, 0.4) is 0 Å². The lowest BCUT2D eigenvalue weighted by Crippen LogP contribution is -2.22. The van der Waals surface area contributed by atoms with Crippen LogP contribution in [0.25, 0.3) is 0 Å². The van der Waals surface area contributed by atoms with Crippen molar-refractivity contribution in [3.05, 3.63) is 22.4 Å². The Labute approximate surface area is 108 Å². The fourth-order valence-electron chi connectivity index (χ4n) is 2.47. The molecule has 2 heterocycles. The Morgan fingerprint density at radius 1 is 1.59 bits per heavy atom. The van der Waals surface area contributed by atoms with Crippen molar-refractivity contribution >= 4 is 17.1 Å². The van der Waals surface area contributed by atoms with Gasteiger partial charge in [-0.15, -0.1) is 11.3 Å². The van der Waals surface area contributed by atoms with Crippen LogP contribution in [0.5, 0.6) is 0 Å². The fraction of sp³-hybridized carbons (Fsp3) is 0.643. The summed E-state index contributed by atoms with van der Waals surface area (Å²) in [5, 5.41) is 1.97. The summed E-state index contributed by atoms with van der Waals surface area (Å²) in [7, 11) is 0. The molecular weight excluding hydrogens is 230 g/mol. The second kappa shape index (κ2) is 6.31. The van der Waals surface area contributed by atoms with Gasteiger partial charge in [-0.3, -0.25) is 4.79 Å². The number of ketones is 1. The van der Waals surface area contributed by atoms with Gasteiger partial charge in [-0.2, -0.15) is 0 Å². The number of carbonyl (C=O) groups excluding carboxylic acids is 1. The van der Waals surface area contributed by atoms with Crippen LogP contribution in [-0.2, 0) is 0 Å². The van der Waals surface area contributed by atoms with Gasteiger partial charge in [0, 0.05) is 13.0 Å². The van der Waals surface area contributed by atoms with Gasteiger partial charge in [-0.1, -0.05) is 19.4 Å². The first-order valence-electron chi connectivity index (χ1n) is 6.58. The number of hydrogen-bond donors (Lipinski definition) is 0. The average molecular weight is 251 g/mol. The van der Waals surface area contributed by atoms with E-state index >= 15 is 0 Å². The highest BCUT2D eigenvalue weighted by atomic mass is 32.1. The summed E-state index contributed by atoms with van der Waals surface area (Å²) < 4.78 is 0. The first kappa shape index (κ1) is 12.8. The maximum absolute atomic E-state index is 11.8. The third-order valence-corrected chi connectivity index (χ3v) is 4.53. The van der Waals surface area contributed by atoms with Crippen molar-refractivity contribution in [3.63, 3.8) is 0 Å². The molecule has 1 atom stereocenters. The topological polar surface area (TPSA) is 20.3 Å². The smallest absolute Gasteiger partial charge is 0.172 e. The van der Waals surface area contributed by atoms with Crippen LogP contribution in [0.15, 0.2) is 17.5 Å². The molecule has 0 spiro atoms. The summed E-state index contributed by atoms with van der Waals surface area (Å²) >= 11 is 1.55. The highest BCUT2D eigenvalue weighted by molar-refractivity contribution is 7.12. The maximum Gasteiger partial charge on any atom is 0.172 e. The molecule has 1 unspecified atom stereocenters. The monoisotopic (exact) mass is 251 g/mol. The van der Waals surface area contributed by atoms with E-state index in [1.54, 1.807) is 11.3 Å². The molecule has 0 aliphatic carbocycles. The predicted octanol–water partition coefficient (Wildman–Crippen LogP) is 3.44. The Kier molecular flexibility index (Phi) is 4.75. The van der Waals surface area contributed by atoms with Gasteiger partial charge in [-0.05, 0) is 43.3 Å². The number of rotatable bonds is 6. The molecule has 1 saturated heterocycles. The normalized spacial score (nSPS) is 20.9. The lowest BCUT2D eigenvalue weighted by Gasteiger charge is -2.14. The first-order chi connectivity index (χ1) is 8.29. The Balaban J connectivity index is 1.65. The zero-order valence-corrected chi connectivity index (χ0v) is 11.3. The molecule has 0 amide bonds. The van der Waals surface area contributed by atoms with E-state index in [1.807, 2.05) is 17.5 Å². The molecule has 2 rings (SSSR count). The van der Waals surface area contributed by atoms with Crippen LogP contribution in [0, 0.1) is 5.92 Å². The SMILES string of the molecule is CCC1CCN(CCCC(=O)c2cccs2)C1. The molecule has 0 radical (unpaired) electrons. The standard InChI is InChI=1S/C14H21NOS/c1-2-12-7-9-15(11-12)8-3-5-13(16)14-6-4-10-17-14/h4,6,10,12H,2-3,5,7-9,11H2,1H3. The van der Waals surface area contributed by atoms with Crippen molar-refractivity contribution in [1.82, 2.24) is 4.90 Å². The van der Waals surface area contributed by atoms with E-state index in [0.717, 1.165) is 23.8 Å². The molecule has 3 heteroatoms. The molecule has 0 saturated carbocycles. The minimum Gasteiger partial charge on any atom is -0.303 e. The third kappa shape index (κ3) is 3.65. The quantitative estimate of drug-likeness (QED) is 0.722. The van der Waals surface area contributed by atoms with Gasteiger partial charge in [0.2, 0.25) is 0 Å². The molecule has 94 valence electrons. The highest BCUT2D eigenvalue weighted by Crippen LogP contribution is 2.19. The van der Waals surface area contributed by atoms with Crippen molar-refractivity contribution < 1.29 is 4.79 Å². The number of thiophene rings is 1. The number of Topliss-reactive ketones (excluding diaryl/α,β-unsaturated/α-hetero) is 1. The molecule has 2 nitrogen and oxygen atoms in total. The average Bonchev–Trinajstić information content (AvgIpc) is 3.00. The van der Waals surface area contributed by atoms with Gasteiger partial charge in [0.1, 0.15) is 0 Å². The Hall–Kier alpha value is -0.670. The molecule has 0 aromatic carbocycles. The molecule has 17 heavy (non-hydrogen) atoms. The lowest BCUT2D eigenvalue weighted by atomic mass is 10.1. The molecule has 1 fully saturated rings. The molecule has 0 N–H and O–H groups in total. The number of hydrogen-bond acceptors (Lipinski definition) is 3. The molecule has 1 aromatic rings. The van der Waals surface area contributed by atoms with E-state index in [2.05, 4.69) is 11.8 Å². The summed E-state index contributed by atoms with van der Waals surface area (Å²) in [6.45, 7) is 5.83.